The summed E-state index contributed by atoms with van der Waals surface area (Å²) in [5.41, 5.74) is 5.85. The molecule has 1 saturated carbocycles. The molecule has 1 aliphatic heterocycles. The van der Waals surface area contributed by atoms with Crippen molar-refractivity contribution in [2.45, 2.75) is 50.6 Å². The normalized spacial score (nSPS) is 27.9. The number of nitrogens with one attached hydrogen (secondary N) is 2. The molecule has 1 heterocycles. The zero-order valence-electron chi connectivity index (χ0n) is 9.54. The van der Waals surface area contributed by atoms with E-state index in [-0.39, 0.29) is 11.9 Å². The molecule has 1 amide bonds. The van der Waals surface area contributed by atoms with Gasteiger partial charge in [0.2, 0.25) is 5.91 Å². The number of guanidine groups is 1. The Morgan fingerprint density at radius 3 is 2.75 bits per heavy atom. The summed E-state index contributed by atoms with van der Waals surface area (Å²) in [6.45, 7) is 0.652. The molecule has 0 bridgehead atoms. The smallest absolute Gasteiger partial charge is 0.220 e. The van der Waals surface area contributed by atoms with Crippen molar-refractivity contribution in [3.05, 3.63) is 0 Å². The molecule has 16 heavy (non-hydrogen) atoms. The number of carbonyl (C=O) groups is 1. The summed E-state index contributed by atoms with van der Waals surface area (Å²) >= 11 is 0. The topological polar surface area (TPSA) is 79.5 Å². The summed E-state index contributed by atoms with van der Waals surface area (Å²) in [7, 11) is 0. The number of hydrogen-bond acceptors (Lipinski definition) is 2. The molecule has 4 N–H and O–H groups in total. The first-order chi connectivity index (χ1) is 7.74. The number of amides is 1. The van der Waals surface area contributed by atoms with Crippen LogP contribution in [0.5, 0.6) is 0 Å². The number of rotatable bonds is 2. The monoisotopic (exact) mass is 224 g/mol. The third kappa shape index (κ3) is 3.12. The second-order valence-electron chi connectivity index (χ2n) is 4.64. The molecule has 2 fully saturated rings. The molecule has 2 rings (SSSR count). The molecule has 2 aliphatic rings. The van der Waals surface area contributed by atoms with Crippen LogP contribution in [0.4, 0.5) is 0 Å². The minimum absolute atomic E-state index is 0.129. The fourth-order valence-electron chi connectivity index (χ4n) is 2.33. The lowest BCUT2D eigenvalue weighted by Crippen LogP contribution is -2.50. The Kier molecular flexibility index (Phi) is 3.64. The molecule has 1 unspecified atom stereocenters. The van der Waals surface area contributed by atoms with E-state index in [1.165, 1.54) is 12.8 Å². The fraction of sp³-hybridized carbons (Fsp3) is 0.818. The summed E-state index contributed by atoms with van der Waals surface area (Å²) in [5, 5.41) is 6.00. The Bertz CT molecular complexity index is 274. The van der Waals surface area contributed by atoms with Crippen molar-refractivity contribution in [1.29, 1.82) is 0 Å². The lowest BCUT2D eigenvalue weighted by molar-refractivity contribution is -0.122. The van der Waals surface area contributed by atoms with Gasteiger partial charge in [-0.15, -0.1) is 0 Å². The van der Waals surface area contributed by atoms with Gasteiger partial charge in [-0.3, -0.25) is 9.79 Å². The second-order valence-corrected chi connectivity index (χ2v) is 4.64. The van der Waals surface area contributed by atoms with Gasteiger partial charge in [0.15, 0.2) is 5.96 Å². The molecule has 1 atom stereocenters. The lowest BCUT2D eigenvalue weighted by Gasteiger charge is -2.24. The van der Waals surface area contributed by atoms with Gasteiger partial charge in [0.05, 0.1) is 6.04 Å². The summed E-state index contributed by atoms with van der Waals surface area (Å²) in [5.74, 6) is 0.664. The van der Waals surface area contributed by atoms with Crippen LogP contribution >= 0.6 is 0 Å². The van der Waals surface area contributed by atoms with Gasteiger partial charge in [-0.05, 0) is 19.3 Å². The highest BCUT2D eigenvalue weighted by molar-refractivity contribution is 5.80. The maximum absolute atomic E-state index is 11.0. The zero-order chi connectivity index (χ0) is 11.4. The van der Waals surface area contributed by atoms with E-state index >= 15 is 0 Å². The summed E-state index contributed by atoms with van der Waals surface area (Å²) in [6, 6.07) is 0.647. The van der Waals surface area contributed by atoms with Gasteiger partial charge >= 0.3 is 0 Å². The van der Waals surface area contributed by atoms with Crippen molar-refractivity contribution in [3.8, 4) is 0 Å². The van der Waals surface area contributed by atoms with Gasteiger partial charge in [0.1, 0.15) is 0 Å². The second kappa shape index (κ2) is 5.18. The van der Waals surface area contributed by atoms with Crippen LogP contribution in [0, 0.1) is 0 Å². The van der Waals surface area contributed by atoms with E-state index in [4.69, 9.17) is 5.73 Å². The van der Waals surface area contributed by atoms with Crippen molar-refractivity contribution in [2.75, 3.05) is 6.54 Å². The minimum atomic E-state index is 0.129. The van der Waals surface area contributed by atoms with Crippen LogP contribution in [0.2, 0.25) is 0 Å². The van der Waals surface area contributed by atoms with Crippen molar-refractivity contribution >= 4 is 11.9 Å². The highest BCUT2D eigenvalue weighted by Gasteiger charge is 2.19. The van der Waals surface area contributed by atoms with Crippen LogP contribution in [0.3, 0.4) is 0 Å². The van der Waals surface area contributed by atoms with Gasteiger partial charge in [0, 0.05) is 19.0 Å². The van der Waals surface area contributed by atoms with Crippen LogP contribution < -0.4 is 16.4 Å². The maximum Gasteiger partial charge on any atom is 0.220 e. The third-order valence-electron chi connectivity index (χ3n) is 3.26. The van der Waals surface area contributed by atoms with Gasteiger partial charge in [-0.25, -0.2) is 0 Å². The van der Waals surface area contributed by atoms with E-state index in [0.29, 0.717) is 25.0 Å². The van der Waals surface area contributed by atoms with Crippen LogP contribution in [-0.4, -0.2) is 30.5 Å². The van der Waals surface area contributed by atoms with Crippen molar-refractivity contribution in [1.82, 2.24) is 10.6 Å². The Morgan fingerprint density at radius 1 is 1.38 bits per heavy atom. The molecule has 0 aromatic rings. The summed E-state index contributed by atoms with van der Waals surface area (Å²) in [6.07, 6.45) is 6.26. The molecule has 90 valence electrons. The average molecular weight is 224 g/mol. The SMILES string of the molecule is NC(=NC1CCCC1)NC1CCC(=O)NC1. The molecule has 0 spiro atoms. The first-order valence-electron chi connectivity index (χ1n) is 6.10. The van der Waals surface area contributed by atoms with Gasteiger partial charge in [0.25, 0.3) is 0 Å². The van der Waals surface area contributed by atoms with Crippen molar-refractivity contribution in [3.63, 3.8) is 0 Å². The molecular formula is C11H20N4O. The van der Waals surface area contributed by atoms with Crippen LogP contribution in [0.25, 0.3) is 0 Å². The lowest BCUT2D eigenvalue weighted by atomic mass is 10.1. The standard InChI is InChI=1S/C11H20N4O/c12-11(14-8-3-1-2-4-8)15-9-5-6-10(16)13-7-9/h8-9H,1-7H2,(H,13,16)(H3,12,14,15). The minimum Gasteiger partial charge on any atom is -0.370 e. The number of nitrogens with two attached hydrogens (primary N) is 1. The van der Waals surface area contributed by atoms with E-state index in [0.717, 1.165) is 19.3 Å². The number of piperidine rings is 1. The van der Waals surface area contributed by atoms with E-state index in [1.807, 2.05) is 0 Å². The quantitative estimate of drug-likeness (QED) is 0.460. The van der Waals surface area contributed by atoms with Crippen LogP contribution in [-0.2, 0) is 4.79 Å². The molecule has 0 aromatic heterocycles. The summed E-state index contributed by atoms with van der Waals surface area (Å²) < 4.78 is 0. The third-order valence-corrected chi connectivity index (χ3v) is 3.26. The summed E-state index contributed by atoms with van der Waals surface area (Å²) in [4.78, 5) is 15.4. The Morgan fingerprint density at radius 2 is 2.12 bits per heavy atom. The van der Waals surface area contributed by atoms with Crippen molar-refractivity contribution < 1.29 is 4.79 Å². The van der Waals surface area contributed by atoms with E-state index in [2.05, 4.69) is 15.6 Å². The predicted molar refractivity (Wildman–Crippen MR) is 63.0 cm³/mol. The van der Waals surface area contributed by atoms with Crippen LogP contribution in [0.1, 0.15) is 38.5 Å². The molecule has 1 aliphatic carbocycles. The predicted octanol–water partition coefficient (Wildman–Crippen LogP) is 0.112. The van der Waals surface area contributed by atoms with Gasteiger partial charge in [-0.2, -0.15) is 0 Å². The molecule has 5 heteroatoms. The van der Waals surface area contributed by atoms with Gasteiger partial charge in [-0.1, -0.05) is 12.8 Å². The number of aliphatic imine (C=N–C) groups is 1. The Hall–Kier alpha value is -1.26. The maximum atomic E-state index is 11.0. The Balaban J connectivity index is 1.77. The Labute approximate surface area is 95.9 Å². The van der Waals surface area contributed by atoms with Gasteiger partial charge < -0.3 is 16.4 Å². The first-order valence-corrected chi connectivity index (χ1v) is 6.10. The number of hydrogen-bond donors (Lipinski definition) is 3. The number of carbonyl (C=O) groups excluding carboxylic acids is 1. The molecule has 1 saturated heterocycles. The highest BCUT2D eigenvalue weighted by atomic mass is 16.1. The molecule has 5 nitrogen and oxygen atoms in total. The first kappa shape index (κ1) is 11.2. The molecule has 0 aromatic carbocycles. The highest BCUT2D eigenvalue weighted by Crippen LogP contribution is 2.20. The molecular weight excluding hydrogens is 204 g/mol. The largest absolute Gasteiger partial charge is 0.370 e. The molecule has 0 radical (unpaired) electrons. The van der Waals surface area contributed by atoms with Crippen LogP contribution in [0.15, 0.2) is 4.99 Å². The van der Waals surface area contributed by atoms with E-state index in [1.54, 1.807) is 0 Å². The fourth-order valence-corrected chi connectivity index (χ4v) is 2.33. The average Bonchev–Trinajstić information content (AvgIpc) is 2.74. The van der Waals surface area contributed by atoms with E-state index < -0.39 is 0 Å². The van der Waals surface area contributed by atoms with E-state index in [9.17, 15) is 4.79 Å². The zero-order valence-corrected chi connectivity index (χ0v) is 9.54. The van der Waals surface area contributed by atoms with Crippen molar-refractivity contribution in [2.24, 2.45) is 10.7 Å². The number of nitrogens with zero attached hydrogens (tertiary/aromatic N) is 1.